The minimum Gasteiger partial charge on any atom is -0.328 e. The Morgan fingerprint density at radius 1 is 1.26 bits per heavy atom. The summed E-state index contributed by atoms with van der Waals surface area (Å²) in [5.41, 5.74) is 3.72. The Kier molecular flexibility index (Phi) is 5.26. The molecule has 0 aliphatic carbocycles. The van der Waals surface area contributed by atoms with Crippen molar-refractivity contribution in [3.05, 3.63) is 63.9 Å². The number of aryl methyl sites for hydroxylation is 1. The van der Waals surface area contributed by atoms with Crippen LogP contribution in [0, 0.1) is 6.92 Å². The maximum atomic E-state index is 12.3. The molecule has 4 heteroatoms. The molecule has 0 spiro atoms. The highest BCUT2D eigenvalue weighted by atomic mass is 32.1. The molecular formula is C19H23N2OS+. The minimum absolute atomic E-state index is 0.128. The van der Waals surface area contributed by atoms with Crippen molar-refractivity contribution in [3.8, 4) is 0 Å². The normalized spacial score (nSPS) is 16.1. The average Bonchev–Trinajstić information content (AvgIpc) is 3.07. The predicted molar refractivity (Wildman–Crippen MR) is 95.5 cm³/mol. The van der Waals surface area contributed by atoms with Gasteiger partial charge >= 0.3 is 0 Å². The van der Waals surface area contributed by atoms with E-state index in [4.69, 9.17) is 0 Å². The molecule has 2 heterocycles. The summed E-state index contributed by atoms with van der Waals surface area (Å²) in [5.74, 6) is 0.128. The Morgan fingerprint density at radius 3 is 2.74 bits per heavy atom. The van der Waals surface area contributed by atoms with Gasteiger partial charge in [-0.05, 0) is 41.0 Å². The molecule has 0 saturated carbocycles. The third kappa shape index (κ3) is 4.30. The molecule has 0 bridgehead atoms. The van der Waals surface area contributed by atoms with Gasteiger partial charge in [-0.25, -0.2) is 0 Å². The molecule has 1 aromatic heterocycles. The molecule has 0 radical (unpaired) electrons. The number of hydrogen-bond acceptors (Lipinski definition) is 2. The van der Waals surface area contributed by atoms with Crippen LogP contribution in [0.1, 0.15) is 16.7 Å². The van der Waals surface area contributed by atoms with E-state index in [0.29, 0.717) is 0 Å². The van der Waals surface area contributed by atoms with Gasteiger partial charge in [-0.2, -0.15) is 11.3 Å². The molecular weight excluding hydrogens is 304 g/mol. The summed E-state index contributed by atoms with van der Waals surface area (Å²) in [6.07, 6.45) is 3.65. The lowest BCUT2D eigenvalue weighted by molar-refractivity contribution is -0.917. The van der Waals surface area contributed by atoms with Gasteiger partial charge in [0.15, 0.2) is 0 Å². The molecule has 1 saturated heterocycles. The summed E-state index contributed by atoms with van der Waals surface area (Å²) in [6, 6.07) is 10.3. The Balaban J connectivity index is 1.51. The zero-order valence-corrected chi connectivity index (χ0v) is 14.3. The lowest BCUT2D eigenvalue weighted by atomic mass is 10.1. The molecule has 2 aromatic rings. The standard InChI is InChI=1S/C19H22N2OS/c1-16-4-2-3-5-18(16)6-7-19(22)21-11-9-20(10-12-21)14-17-8-13-23-15-17/h2-8,13,15H,9-12,14H2,1H3/p+1/b7-6+. The highest BCUT2D eigenvalue weighted by molar-refractivity contribution is 7.07. The highest BCUT2D eigenvalue weighted by Crippen LogP contribution is 2.09. The van der Waals surface area contributed by atoms with Gasteiger partial charge in [0, 0.05) is 11.6 Å². The first kappa shape index (κ1) is 16.0. The van der Waals surface area contributed by atoms with E-state index in [-0.39, 0.29) is 5.91 Å². The Labute approximate surface area is 141 Å². The van der Waals surface area contributed by atoms with E-state index in [1.165, 1.54) is 11.1 Å². The first-order valence-electron chi connectivity index (χ1n) is 8.09. The third-order valence-corrected chi connectivity index (χ3v) is 5.14. The fourth-order valence-electron chi connectivity index (χ4n) is 2.94. The SMILES string of the molecule is Cc1ccccc1/C=C/C(=O)N1CC[NH+](Cc2ccsc2)CC1. The van der Waals surface area contributed by atoms with E-state index < -0.39 is 0 Å². The van der Waals surface area contributed by atoms with E-state index in [2.05, 4.69) is 29.8 Å². The maximum Gasteiger partial charge on any atom is 0.246 e. The summed E-state index contributed by atoms with van der Waals surface area (Å²) in [5, 5.41) is 4.35. The number of benzene rings is 1. The summed E-state index contributed by atoms with van der Waals surface area (Å²) in [6.45, 7) is 6.88. The maximum absolute atomic E-state index is 12.3. The summed E-state index contributed by atoms with van der Waals surface area (Å²) in [7, 11) is 0. The molecule has 3 nitrogen and oxygen atoms in total. The van der Waals surface area contributed by atoms with Crippen LogP contribution in [-0.2, 0) is 11.3 Å². The van der Waals surface area contributed by atoms with Crippen LogP contribution in [0.15, 0.2) is 47.2 Å². The van der Waals surface area contributed by atoms with E-state index >= 15 is 0 Å². The Hall–Kier alpha value is -1.91. The number of amides is 1. The van der Waals surface area contributed by atoms with E-state index in [9.17, 15) is 4.79 Å². The third-order valence-electron chi connectivity index (χ3n) is 4.41. The van der Waals surface area contributed by atoms with Gasteiger partial charge in [-0.3, -0.25) is 4.79 Å². The second-order valence-electron chi connectivity index (χ2n) is 6.07. The minimum atomic E-state index is 0.128. The highest BCUT2D eigenvalue weighted by Gasteiger charge is 2.22. The van der Waals surface area contributed by atoms with Crippen molar-refractivity contribution in [1.29, 1.82) is 0 Å². The number of piperazine rings is 1. The van der Waals surface area contributed by atoms with Gasteiger partial charge in [0.05, 0.1) is 26.2 Å². The number of carbonyl (C=O) groups is 1. The summed E-state index contributed by atoms with van der Waals surface area (Å²) >= 11 is 1.75. The van der Waals surface area contributed by atoms with Crippen molar-refractivity contribution in [2.75, 3.05) is 26.2 Å². The van der Waals surface area contributed by atoms with Gasteiger partial charge in [0.2, 0.25) is 5.91 Å². The number of nitrogens with one attached hydrogen (secondary N) is 1. The van der Waals surface area contributed by atoms with Gasteiger partial charge in [-0.1, -0.05) is 24.3 Å². The summed E-state index contributed by atoms with van der Waals surface area (Å²) < 4.78 is 0. The zero-order chi connectivity index (χ0) is 16.1. The monoisotopic (exact) mass is 327 g/mol. The molecule has 1 amide bonds. The van der Waals surface area contributed by atoms with Gasteiger partial charge in [0.25, 0.3) is 0 Å². The predicted octanol–water partition coefficient (Wildman–Crippen LogP) is 2.00. The molecule has 0 unspecified atom stereocenters. The van der Waals surface area contributed by atoms with Crippen LogP contribution in [0.5, 0.6) is 0 Å². The van der Waals surface area contributed by atoms with Gasteiger partial charge in [0.1, 0.15) is 6.54 Å². The Bertz CT molecular complexity index is 670. The topological polar surface area (TPSA) is 24.8 Å². The smallest absolute Gasteiger partial charge is 0.246 e. The number of carbonyl (C=O) groups excluding carboxylic acids is 1. The molecule has 3 rings (SSSR count). The van der Waals surface area contributed by atoms with E-state index in [1.807, 2.05) is 29.2 Å². The van der Waals surface area contributed by atoms with Crippen molar-refractivity contribution < 1.29 is 9.69 Å². The molecule has 120 valence electrons. The fourth-order valence-corrected chi connectivity index (χ4v) is 3.61. The average molecular weight is 327 g/mol. The Morgan fingerprint density at radius 2 is 2.04 bits per heavy atom. The van der Waals surface area contributed by atoms with Crippen LogP contribution >= 0.6 is 11.3 Å². The number of quaternary nitrogens is 1. The van der Waals surface area contributed by atoms with Crippen LogP contribution < -0.4 is 4.90 Å². The molecule has 1 fully saturated rings. The molecule has 1 aromatic carbocycles. The number of nitrogens with zero attached hydrogens (tertiary/aromatic N) is 1. The second-order valence-corrected chi connectivity index (χ2v) is 6.85. The molecule has 23 heavy (non-hydrogen) atoms. The number of thiophene rings is 1. The van der Waals surface area contributed by atoms with Crippen molar-refractivity contribution in [2.45, 2.75) is 13.5 Å². The molecule has 0 atom stereocenters. The molecule has 1 N–H and O–H groups in total. The van der Waals surface area contributed by atoms with Crippen molar-refractivity contribution in [1.82, 2.24) is 4.90 Å². The van der Waals surface area contributed by atoms with Crippen LogP contribution in [0.2, 0.25) is 0 Å². The van der Waals surface area contributed by atoms with Crippen LogP contribution in [0.25, 0.3) is 6.08 Å². The second kappa shape index (κ2) is 7.57. The van der Waals surface area contributed by atoms with Crippen LogP contribution in [-0.4, -0.2) is 37.0 Å². The number of hydrogen-bond donors (Lipinski definition) is 1. The fraction of sp³-hybridized carbons (Fsp3) is 0.316. The molecule has 1 aliphatic rings. The van der Waals surface area contributed by atoms with Gasteiger partial charge < -0.3 is 9.80 Å². The lowest BCUT2D eigenvalue weighted by Crippen LogP contribution is -3.13. The van der Waals surface area contributed by atoms with Gasteiger partial charge in [-0.15, -0.1) is 0 Å². The van der Waals surface area contributed by atoms with Crippen molar-refractivity contribution in [2.24, 2.45) is 0 Å². The van der Waals surface area contributed by atoms with Crippen LogP contribution in [0.3, 0.4) is 0 Å². The first-order chi connectivity index (χ1) is 11.2. The molecule has 1 aliphatic heterocycles. The van der Waals surface area contributed by atoms with E-state index in [0.717, 1.165) is 38.3 Å². The first-order valence-corrected chi connectivity index (χ1v) is 9.04. The summed E-state index contributed by atoms with van der Waals surface area (Å²) in [4.78, 5) is 15.9. The number of rotatable bonds is 4. The lowest BCUT2D eigenvalue weighted by Gasteiger charge is -2.31. The zero-order valence-electron chi connectivity index (χ0n) is 13.5. The largest absolute Gasteiger partial charge is 0.328 e. The van der Waals surface area contributed by atoms with Crippen molar-refractivity contribution >= 4 is 23.3 Å². The van der Waals surface area contributed by atoms with Crippen LogP contribution in [0.4, 0.5) is 0 Å². The quantitative estimate of drug-likeness (QED) is 0.854. The van der Waals surface area contributed by atoms with Crippen molar-refractivity contribution in [3.63, 3.8) is 0 Å². The van der Waals surface area contributed by atoms with E-state index in [1.54, 1.807) is 22.3 Å².